The molecule has 11 rings (SSSR count). The van der Waals surface area contributed by atoms with E-state index >= 15 is 0 Å². The summed E-state index contributed by atoms with van der Waals surface area (Å²) in [6.07, 6.45) is 9.45. The van der Waals surface area contributed by atoms with Crippen molar-refractivity contribution in [3.63, 3.8) is 0 Å². The molecule has 0 bridgehead atoms. The Bertz CT molecular complexity index is 3310. The summed E-state index contributed by atoms with van der Waals surface area (Å²) >= 11 is 0. The normalized spacial score (nSPS) is 11.3. The zero-order chi connectivity index (χ0) is 44.1. The van der Waals surface area contributed by atoms with Crippen LogP contribution in [0.2, 0.25) is 0 Å². The Kier molecular flexibility index (Phi) is 11.3. The summed E-state index contributed by atoms with van der Waals surface area (Å²) in [7, 11) is 0. The van der Waals surface area contributed by atoms with E-state index in [1.54, 1.807) is 0 Å². The standard InChI is InChI=1S/C63H47N3/c1-2-10-48(11-3-1)49-28-30-50(31-29-49)58-36-39-66-63-59-34-32-53(43-54(59)33-35-60(58)63)56-12-4-5-13-57(56)55-41-46(18-16-44-20-24-51(25-21-44)61-14-6-8-37-64-61)40-47(42-55)19-17-45-22-26-52(27-23-45)62-15-7-9-38-65-62/h1-15,20-43H,16-19H2. The molecule has 314 valence electrons. The zero-order valence-corrected chi connectivity index (χ0v) is 36.7. The predicted molar refractivity (Wildman–Crippen MR) is 275 cm³/mol. The van der Waals surface area contributed by atoms with Gasteiger partial charge in [-0.05, 0) is 134 Å². The number of benzene rings is 8. The molecule has 0 atom stereocenters. The summed E-state index contributed by atoms with van der Waals surface area (Å²) in [6.45, 7) is 0. The second kappa shape index (κ2) is 18.4. The summed E-state index contributed by atoms with van der Waals surface area (Å²) in [5.41, 5.74) is 20.3. The maximum atomic E-state index is 4.96. The molecule has 0 aliphatic carbocycles. The second-order valence-electron chi connectivity index (χ2n) is 17.1. The predicted octanol–water partition coefficient (Wildman–Crippen LogP) is 15.8. The van der Waals surface area contributed by atoms with Crippen LogP contribution in [0.4, 0.5) is 0 Å². The van der Waals surface area contributed by atoms with E-state index in [2.05, 4.69) is 204 Å². The van der Waals surface area contributed by atoms with Gasteiger partial charge in [-0.1, -0.05) is 182 Å². The van der Waals surface area contributed by atoms with Crippen LogP contribution in [0.3, 0.4) is 0 Å². The van der Waals surface area contributed by atoms with Crippen molar-refractivity contribution >= 4 is 21.7 Å². The number of hydrogen-bond acceptors (Lipinski definition) is 3. The van der Waals surface area contributed by atoms with Gasteiger partial charge in [0.1, 0.15) is 0 Å². The Morgan fingerprint density at radius 2 is 0.758 bits per heavy atom. The summed E-state index contributed by atoms with van der Waals surface area (Å²) < 4.78 is 0. The van der Waals surface area contributed by atoms with Crippen molar-refractivity contribution in [1.82, 2.24) is 15.0 Å². The molecule has 8 aromatic carbocycles. The molecule has 0 saturated heterocycles. The van der Waals surface area contributed by atoms with E-state index < -0.39 is 0 Å². The Hall–Kier alpha value is -8.27. The van der Waals surface area contributed by atoms with Gasteiger partial charge in [0, 0.05) is 40.5 Å². The molecule has 0 N–H and O–H groups in total. The van der Waals surface area contributed by atoms with Crippen LogP contribution in [-0.4, -0.2) is 15.0 Å². The summed E-state index contributed by atoms with van der Waals surface area (Å²) in [5, 5.41) is 3.49. The van der Waals surface area contributed by atoms with Crippen LogP contribution in [0.5, 0.6) is 0 Å². The molecule has 11 aromatic rings. The monoisotopic (exact) mass is 845 g/mol. The van der Waals surface area contributed by atoms with Crippen molar-refractivity contribution in [1.29, 1.82) is 0 Å². The minimum atomic E-state index is 0.944. The van der Waals surface area contributed by atoms with Crippen LogP contribution in [-0.2, 0) is 25.7 Å². The van der Waals surface area contributed by atoms with Crippen LogP contribution >= 0.6 is 0 Å². The lowest BCUT2D eigenvalue weighted by Gasteiger charge is -2.15. The van der Waals surface area contributed by atoms with Crippen LogP contribution < -0.4 is 0 Å². The van der Waals surface area contributed by atoms with Crippen LogP contribution in [0.1, 0.15) is 22.3 Å². The topological polar surface area (TPSA) is 38.7 Å². The molecule has 0 unspecified atom stereocenters. The largest absolute Gasteiger partial charge is 0.256 e. The first-order chi connectivity index (χ1) is 32.7. The average Bonchev–Trinajstić information content (AvgIpc) is 3.40. The van der Waals surface area contributed by atoms with E-state index in [-0.39, 0.29) is 0 Å². The van der Waals surface area contributed by atoms with Crippen molar-refractivity contribution in [2.45, 2.75) is 25.7 Å². The minimum absolute atomic E-state index is 0.944. The molecule has 0 amide bonds. The first-order valence-electron chi connectivity index (χ1n) is 22.9. The summed E-state index contributed by atoms with van der Waals surface area (Å²) in [5.74, 6) is 0. The van der Waals surface area contributed by atoms with Gasteiger partial charge in [-0.2, -0.15) is 0 Å². The number of nitrogens with zero attached hydrogens (tertiary/aromatic N) is 3. The fourth-order valence-corrected chi connectivity index (χ4v) is 9.36. The zero-order valence-electron chi connectivity index (χ0n) is 36.7. The fourth-order valence-electron chi connectivity index (χ4n) is 9.36. The molecule has 0 saturated carbocycles. The lowest BCUT2D eigenvalue weighted by molar-refractivity contribution is 0.931. The maximum absolute atomic E-state index is 4.96. The first-order valence-corrected chi connectivity index (χ1v) is 22.9. The highest BCUT2D eigenvalue weighted by Crippen LogP contribution is 2.38. The number of hydrogen-bond donors (Lipinski definition) is 0. The quantitative estimate of drug-likeness (QED) is 0.115. The van der Waals surface area contributed by atoms with E-state index in [0.29, 0.717) is 0 Å². The lowest BCUT2D eigenvalue weighted by Crippen LogP contribution is -1.98. The molecule has 0 aliphatic rings. The first kappa shape index (κ1) is 40.5. The molecular weight excluding hydrogens is 799 g/mol. The Morgan fingerprint density at radius 1 is 0.258 bits per heavy atom. The molecule has 0 spiro atoms. The highest BCUT2D eigenvalue weighted by atomic mass is 14.7. The number of fused-ring (bicyclic) bond motifs is 3. The molecule has 3 heterocycles. The average molecular weight is 846 g/mol. The highest BCUT2D eigenvalue weighted by Gasteiger charge is 2.14. The van der Waals surface area contributed by atoms with E-state index in [0.717, 1.165) is 64.5 Å². The molecular formula is C63H47N3. The van der Waals surface area contributed by atoms with Crippen LogP contribution in [0.15, 0.2) is 237 Å². The lowest BCUT2D eigenvalue weighted by atomic mass is 9.89. The maximum Gasteiger partial charge on any atom is 0.0786 e. The van der Waals surface area contributed by atoms with E-state index in [1.165, 1.54) is 72.1 Å². The third-order valence-electron chi connectivity index (χ3n) is 12.9. The van der Waals surface area contributed by atoms with E-state index in [9.17, 15) is 0 Å². The Balaban J connectivity index is 0.903. The van der Waals surface area contributed by atoms with Gasteiger partial charge in [0.15, 0.2) is 0 Å². The fraction of sp³-hybridized carbons (Fsp3) is 0.0635. The highest BCUT2D eigenvalue weighted by molar-refractivity contribution is 6.11. The van der Waals surface area contributed by atoms with Gasteiger partial charge in [-0.3, -0.25) is 15.0 Å². The molecule has 3 aromatic heterocycles. The van der Waals surface area contributed by atoms with Crippen molar-refractivity contribution in [2.75, 3.05) is 0 Å². The Morgan fingerprint density at radius 3 is 1.36 bits per heavy atom. The van der Waals surface area contributed by atoms with Crippen molar-refractivity contribution in [3.05, 3.63) is 259 Å². The molecule has 0 aliphatic heterocycles. The molecule has 3 nitrogen and oxygen atoms in total. The Labute approximate surface area is 386 Å². The minimum Gasteiger partial charge on any atom is -0.256 e. The number of rotatable bonds is 12. The van der Waals surface area contributed by atoms with Gasteiger partial charge in [0.25, 0.3) is 0 Å². The molecule has 0 radical (unpaired) electrons. The van der Waals surface area contributed by atoms with Crippen LogP contribution in [0, 0.1) is 0 Å². The van der Waals surface area contributed by atoms with Gasteiger partial charge in [0.05, 0.1) is 16.9 Å². The van der Waals surface area contributed by atoms with Crippen molar-refractivity contribution < 1.29 is 0 Å². The number of aromatic nitrogens is 3. The van der Waals surface area contributed by atoms with Crippen molar-refractivity contribution in [2.24, 2.45) is 0 Å². The van der Waals surface area contributed by atoms with Crippen LogP contribution in [0.25, 0.3) is 88.7 Å². The van der Waals surface area contributed by atoms with E-state index in [4.69, 9.17) is 4.98 Å². The summed E-state index contributed by atoms with van der Waals surface area (Å²) in [4.78, 5) is 14.1. The SMILES string of the molecule is c1ccc(-c2ccc(-c3ccnc4c3ccc3cc(-c5ccccc5-c5cc(CCc6ccc(-c7ccccn7)cc6)cc(CCc6ccc(-c7ccccn7)cc6)c5)ccc34)cc2)cc1. The van der Waals surface area contributed by atoms with Gasteiger partial charge in [0.2, 0.25) is 0 Å². The second-order valence-corrected chi connectivity index (χ2v) is 17.1. The number of pyridine rings is 3. The molecule has 3 heteroatoms. The summed E-state index contributed by atoms with van der Waals surface area (Å²) in [6, 6.07) is 79.0. The van der Waals surface area contributed by atoms with Crippen molar-refractivity contribution in [3.8, 4) is 67.0 Å². The van der Waals surface area contributed by atoms with Gasteiger partial charge in [-0.15, -0.1) is 0 Å². The number of aryl methyl sites for hydroxylation is 4. The van der Waals surface area contributed by atoms with Gasteiger partial charge < -0.3 is 0 Å². The molecule has 66 heavy (non-hydrogen) atoms. The third-order valence-corrected chi connectivity index (χ3v) is 12.9. The third kappa shape index (κ3) is 8.67. The van der Waals surface area contributed by atoms with Gasteiger partial charge in [-0.25, -0.2) is 0 Å². The smallest absolute Gasteiger partial charge is 0.0786 e. The molecule has 0 fully saturated rings. The van der Waals surface area contributed by atoms with Gasteiger partial charge >= 0.3 is 0 Å². The van der Waals surface area contributed by atoms with E-state index in [1.807, 2.05) is 42.9 Å².